The number of fused-ring (bicyclic) bond motifs is 2. The Morgan fingerprint density at radius 1 is 0.216 bits per heavy atom. The molecule has 0 spiro atoms. The van der Waals surface area contributed by atoms with Gasteiger partial charge in [0.15, 0.2) is 0 Å². The van der Waals surface area contributed by atoms with Crippen LogP contribution in [0.2, 0.25) is 0 Å². The number of hydrogen-bond acceptors (Lipinski definition) is 0. The lowest BCUT2D eigenvalue weighted by molar-refractivity contribution is 0.886. The molecule has 0 radical (unpaired) electrons. The van der Waals surface area contributed by atoms with Gasteiger partial charge in [0.05, 0.1) is 0 Å². The molecule has 7 aromatic carbocycles. The number of benzene rings is 7. The highest BCUT2D eigenvalue weighted by Gasteiger charge is 2.01. The fourth-order valence-electron chi connectivity index (χ4n) is 8.16. The van der Waals surface area contributed by atoms with Crippen molar-refractivity contribution in [1.82, 2.24) is 0 Å². The zero-order chi connectivity index (χ0) is 77.2. The van der Waals surface area contributed by atoms with Crippen molar-refractivity contribution in [2.45, 2.75) is 405 Å². The van der Waals surface area contributed by atoms with Gasteiger partial charge in [0, 0.05) is 0 Å². The fourth-order valence-corrected chi connectivity index (χ4v) is 8.16. The van der Waals surface area contributed by atoms with Crippen molar-refractivity contribution < 1.29 is 0 Å². The summed E-state index contributed by atoms with van der Waals surface area (Å²) in [5.74, 6) is 0. The molecule has 0 bridgehead atoms. The predicted molar refractivity (Wildman–Crippen MR) is 498 cm³/mol. The van der Waals surface area contributed by atoms with E-state index < -0.39 is 0 Å². The zero-order valence-corrected chi connectivity index (χ0v) is 72.2. The lowest BCUT2D eigenvalue weighted by Gasteiger charge is -2.00. The van der Waals surface area contributed by atoms with Gasteiger partial charge in [0.2, 0.25) is 0 Å². The Kier molecular flexibility index (Phi) is 175. The zero-order valence-electron chi connectivity index (χ0n) is 72.2. The smallest absolute Gasteiger partial charge is 0.00258 e. The van der Waals surface area contributed by atoms with E-state index in [1.54, 1.807) is 0 Å². The largest absolute Gasteiger partial charge is 0.0795 e. The van der Waals surface area contributed by atoms with Crippen LogP contribution in [0.15, 0.2) is 194 Å². The van der Waals surface area contributed by atoms with Gasteiger partial charge in [-0.3, -0.25) is 0 Å². The summed E-state index contributed by atoms with van der Waals surface area (Å²) >= 11 is 0. The van der Waals surface area contributed by atoms with Crippen molar-refractivity contribution in [2.24, 2.45) is 0 Å². The molecule has 0 aromatic heterocycles. The van der Waals surface area contributed by atoms with E-state index >= 15 is 0 Å². The molecular formula is C102H192. The topological polar surface area (TPSA) is 0 Å². The van der Waals surface area contributed by atoms with E-state index in [-0.39, 0.29) is 29.7 Å². The minimum Gasteiger partial charge on any atom is -0.0795 e. The molecule has 0 saturated heterocycles. The molecule has 0 amide bonds. The van der Waals surface area contributed by atoms with Crippen molar-refractivity contribution in [2.75, 3.05) is 0 Å². The van der Waals surface area contributed by atoms with Gasteiger partial charge in [0.1, 0.15) is 0 Å². The monoisotopic (exact) mass is 1420 g/mol. The SMILES string of the molecule is C.C.C.C.C1=Cc2ccccc2C1.C1CCCC1.C1CCCC1.C1CCCC1.CC.CC.CC.CC.CC.CC.CC.CC.CC.CCC.CCC.CCC.CCC.CCC.CCc1ccc2ccccc2c1.CCc1ccccc1.CCc1ccccc1.c1ccc(Cc2ccccc2)cc1. The van der Waals surface area contributed by atoms with Crippen LogP contribution in [0.25, 0.3) is 16.8 Å². The summed E-state index contributed by atoms with van der Waals surface area (Å²) in [5, 5.41) is 2.67. The Morgan fingerprint density at radius 2 is 0.431 bits per heavy atom. The van der Waals surface area contributed by atoms with Gasteiger partial charge in [-0.2, -0.15) is 0 Å². The molecule has 4 aliphatic carbocycles. The quantitative estimate of drug-likeness (QED) is 0.161. The van der Waals surface area contributed by atoms with Crippen molar-refractivity contribution in [3.63, 3.8) is 0 Å². The van der Waals surface area contributed by atoms with Crippen LogP contribution in [0.4, 0.5) is 0 Å². The first-order valence-electron chi connectivity index (χ1n) is 41.6. The summed E-state index contributed by atoms with van der Waals surface area (Å²) in [7, 11) is 0. The number of allylic oxidation sites excluding steroid dienone is 1. The average Bonchev–Trinajstić information content (AvgIpc) is 0.942. The van der Waals surface area contributed by atoms with Crippen LogP contribution >= 0.6 is 0 Å². The second-order valence-electron chi connectivity index (χ2n) is 21.0. The van der Waals surface area contributed by atoms with Crippen LogP contribution in [0, 0.1) is 0 Å². The fraction of sp³-hybridized carbons (Fsp3) is 0.588. The van der Waals surface area contributed by atoms with E-state index in [0.29, 0.717) is 0 Å². The maximum absolute atomic E-state index is 2.26. The molecule has 11 rings (SSSR count). The molecule has 3 fully saturated rings. The maximum atomic E-state index is 2.26. The van der Waals surface area contributed by atoms with Gasteiger partial charge in [-0.25, -0.2) is 0 Å². The Balaban J connectivity index is -0.0000000619. The summed E-state index contributed by atoms with van der Waals surface area (Å²) in [6, 6.07) is 65.6. The maximum Gasteiger partial charge on any atom is -0.00258 e. The van der Waals surface area contributed by atoms with E-state index in [2.05, 4.69) is 278 Å². The van der Waals surface area contributed by atoms with Crippen molar-refractivity contribution in [1.29, 1.82) is 0 Å². The van der Waals surface area contributed by atoms with Crippen molar-refractivity contribution in [3.8, 4) is 0 Å². The average molecular weight is 1420 g/mol. The number of aryl methyl sites for hydroxylation is 3. The minimum atomic E-state index is 0. The Hall–Kier alpha value is -5.46. The van der Waals surface area contributed by atoms with Crippen molar-refractivity contribution in [3.05, 3.63) is 233 Å². The number of rotatable bonds is 5. The highest BCUT2D eigenvalue weighted by atomic mass is 14.1. The lowest BCUT2D eigenvalue weighted by atomic mass is 10.1. The predicted octanol–water partition coefficient (Wildman–Crippen LogP) is 38.1. The Morgan fingerprint density at radius 3 is 0.667 bits per heavy atom. The first kappa shape index (κ1) is 133. The highest BCUT2D eigenvalue weighted by molar-refractivity contribution is 5.83. The third-order valence-corrected chi connectivity index (χ3v) is 12.3. The van der Waals surface area contributed by atoms with E-state index in [1.165, 1.54) is 178 Å². The van der Waals surface area contributed by atoms with Gasteiger partial charge in [-0.15, -0.1) is 0 Å². The van der Waals surface area contributed by atoms with Gasteiger partial charge >= 0.3 is 0 Å². The molecule has 3 saturated carbocycles. The van der Waals surface area contributed by atoms with Crippen LogP contribution in [0.3, 0.4) is 0 Å². The van der Waals surface area contributed by atoms with E-state index in [1.807, 2.05) is 137 Å². The molecule has 0 heterocycles. The standard InChI is InChI=1S/C13H12.C12H12.C9H8.2C8H10.3C5H10.5C3H8.9C2H6.4CH4/c1-3-7-12(8-4-1)11-13-9-5-2-6-10-13;1-2-10-7-8-11-5-3-4-6-12(11)9-10;1-2-5-9-7-3-6-8(9)4-1;2*1-2-8-6-4-3-5-7-8;3*1-2-4-5-3-1;5*1-3-2;9*1-2;;;;/h1-10H,11H2;3-9H,2H2,1H3;1-6H,7H2;2*3-7H,2H2,1H3;3*1-5H2;5*3H2,1-2H3;9*1-2H3;4*1H4. The second-order valence-corrected chi connectivity index (χ2v) is 21.0. The van der Waals surface area contributed by atoms with Crippen LogP contribution in [-0.4, -0.2) is 0 Å². The minimum absolute atomic E-state index is 0. The van der Waals surface area contributed by atoms with Crippen LogP contribution in [0.5, 0.6) is 0 Å². The summed E-state index contributed by atoms with van der Waals surface area (Å²) in [4.78, 5) is 0. The Labute approximate surface area is 650 Å². The Bertz CT molecular complexity index is 2120. The van der Waals surface area contributed by atoms with E-state index in [0.717, 1.165) is 32.1 Å². The molecular weight excluding hydrogens is 1230 g/mol. The van der Waals surface area contributed by atoms with Gasteiger partial charge in [0.25, 0.3) is 0 Å². The van der Waals surface area contributed by atoms with Gasteiger partial charge < -0.3 is 0 Å². The van der Waals surface area contributed by atoms with Gasteiger partial charge in [-0.1, -0.05) is 573 Å². The summed E-state index contributed by atoms with van der Waals surface area (Å²) in [6.45, 7) is 63.8. The molecule has 600 valence electrons. The van der Waals surface area contributed by atoms with Crippen LogP contribution in [-0.2, 0) is 32.1 Å². The lowest BCUT2D eigenvalue weighted by Crippen LogP contribution is -1.85. The molecule has 0 atom stereocenters. The summed E-state index contributed by atoms with van der Waals surface area (Å²) < 4.78 is 0. The molecule has 0 N–H and O–H groups in total. The first-order chi connectivity index (χ1) is 48.2. The third-order valence-electron chi connectivity index (χ3n) is 12.3. The molecule has 0 aliphatic heterocycles. The number of hydrogen-bond donors (Lipinski definition) is 0. The van der Waals surface area contributed by atoms with Crippen molar-refractivity contribution >= 4 is 16.8 Å². The summed E-state index contributed by atoms with van der Waals surface area (Å²) in [5.41, 5.74) is 9.81. The summed E-state index contributed by atoms with van der Waals surface area (Å²) in [6.07, 6.45) is 38.7. The first-order valence-corrected chi connectivity index (χ1v) is 41.6. The second kappa shape index (κ2) is 135. The van der Waals surface area contributed by atoms with Gasteiger partial charge in [-0.05, 0) is 81.8 Å². The van der Waals surface area contributed by atoms with Crippen LogP contribution < -0.4 is 0 Å². The molecule has 7 aromatic rings. The highest BCUT2D eigenvalue weighted by Crippen LogP contribution is 2.19. The molecule has 0 heteroatoms. The normalized spacial score (nSPS) is 10.1. The molecule has 0 unspecified atom stereocenters. The van der Waals surface area contributed by atoms with E-state index in [9.17, 15) is 0 Å². The van der Waals surface area contributed by atoms with Crippen LogP contribution in [0.1, 0.15) is 412 Å². The molecule has 0 nitrogen and oxygen atoms in total. The van der Waals surface area contributed by atoms with E-state index in [4.69, 9.17) is 0 Å². The molecule has 102 heavy (non-hydrogen) atoms. The molecule has 4 aliphatic rings. The third kappa shape index (κ3) is 106.